The minimum atomic E-state index is -0.605. The van der Waals surface area contributed by atoms with E-state index < -0.39 is 6.04 Å². The molecule has 0 aliphatic carbocycles. The van der Waals surface area contributed by atoms with Crippen molar-refractivity contribution in [1.29, 1.82) is 0 Å². The van der Waals surface area contributed by atoms with Crippen LogP contribution in [0, 0.1) is 0 Å². The van der Waals surface area contributed by atoms with Crippen molar-refractivity contribution in [3.8, 4) is 5.75 Å². The summed E-state index contributed by atoms with van der Waals surface area (Å²) in [6, 6.07) is 6.17. The fourth-order valence-electron chi connectivity index (χ4n) is 2.08. The molecule has 7 heteroatoms. The molecule has 7 nitrogen and oxygen atoms in total. The molecule has 1 aliphatic rings. The lowest BCUT2D eigenvalue weighted by atomic mass is 10.2. The van der Waals surface area contributed by atoms with E-state index in [-0.39, 0.29) is 25.0 Å². The highest BCUT2D eigenvalue weighted by molar-refractivity contribution is 5.88. The Balaban J connectivity index is 1.94. The first-order chi connectivity index (χ1) is 10.1. The number of amides is 2. The largest absolute Gasteiger partial charge is 0.484 e. The van der Waals surface area contributed by atoms with Crippen molar-refractivity contribution in [3.05, 3.63) is 24.3 Å². The fourth-order valence-corrected chi connectivity index (χ4v) is 2.08. The van der Waals surface area contributed by atoms with E-state index >= 15 is 0 Å². The zero-order valence-electron chi connectivity index (χ0n) is 11.9. The van der Waals surface area contributed by atoms with Gasteiger partial charge >= 0.3 is 0 Å². The minimum absolute atomic E-state index is 0.128. The van der Waals surface area contributed by atoms with Gasteiger partial charge < -0.3 is 25.4 Å². The summed E-state index contributed by atoms with van der Waals surface area (Å²) in [6.45, 7) is 0.869. The highest BCUT2D eigenvalue weighted by atomic mass is 16.5. The van der Waals surface area contributed by atoms with Crippen molar-refractivity contribution in [1.82, 2.24) is 10.2 Å². The summed E-state index contributed by atoms with van der Waals surface area (Å²) in [5.41, 5.74) is 6.20. The molecule has 1 heterocycles. The van der Waals surface area contributed by atoms with Crippen LogP contribution >= 0.6 is 0 Å². The molecular weight excluding hydrogens is 274 g/mol. The average Bonchev–Trinajstić information content (AvgIpc) is 2.53. The first-order valence-electron chi connectivity index (χ1n) is 6.69. The maximum atomic E-state index is 12.2. The fraction of sp³-hybridized carbons (Fsp3) is 0.429. The topological polar surface area (TPSA) is 93.9 Å². The number of nitrogens with one attached hydrogen (secondary N) is 1. The summed E-state index contributed by atoms with van der Waals surface area (Å²) in [6.07, 6.45) is 0. The van der Waals surface area contributed by atoms with Gasteiger partial charge in [0.05, 0.1) is 13.2 Å². The Labute approximate surface area is 123 Å². The van der Waals surface area contributed by atoms with E-state index in [0.717, 1.165) is 0 Å². The number of likely N-dealkylation sites (N-methyl/N-ethyl adjacent to an activating group) is 1. The van der Waals surface area contributed by atoms with Crippen LogP contribution in [-0.4, -0.2) is 56.2 Å². The van der Waals surface area contributed by atoms with Crippen LogP contribution in [0.1, 0.15) is 0 Å². The van der Waals surface area contributed by atoms with Crippen molar-refractivity contribution >= 4 is 17.5 Å². The van der Waals surface area contributed by atoms with Gasteiger partial charge in [-0.05, 0) is 24.3 Å². The predicted molar refractivity (Wildman–Crippen MR) is 76.7 cm³/mol. The Hall–Kier alpha value is -2.28. The summed E-state index contributed by atoms with van der Waals surface area (Å²) in [5.74, 6) is 0.0709. The number of rotatable bonds is 4. The third-order valence-electron chi connectivity index (χ3n) is 3.24. The standard InChI is InChI=1S/C14H19N3O4/c1-16-14(19)12-8-20-7-6-17(12)13(18)9-21-11-4-2-10(15)3-5-11/h2-5,12H,6-9,15H2,1H3,(H,16,19). The molecule has 1 atom stereocenters. The van der Waals surface area contributed by atoms with Crippen molar-refractivity contribution in [2.24, 2.45) is 0 Å². The molecule has 1 fully saturated rings. The Morgan fingerprint density at radius 1 is 1.43 bits per heavy atom. The summed E-state index contributed by atoms with van der Waals surface area (Å²) in [5, 5.41) is 2.53. The number of anilines is 1. The second-order valence-corrected chi connectivity index (χ2v) is 4.65. The number of carbonyl (C=O) groups excluding carboxylic acids is 2. The molecule has 0 bridgehead atoms. The van der Waals surface area contributed by atoms with E-state index in [1.807, 2.05) is 0 Å². The van der Waals surface area contributed by atoms with Crippen LogP contribution in [-0.2, 0) is 14.3 Å². The number of hydrogen-bond acceptors (Lipinski definition) is 5. The highest BCUT2D eigenvalue weighted by Crippen LogP contribution is 2.14. The van der Waals surface area contributed by atoms with Gasteiger partial charge in [-0.25, -0.2) is 0 Å². The Morgan fingerprint density at radius 3 is 2.81 bits per heavy atom. The smallest absolute Gasteiger partial charge is 0.261 e. The zero-order chi connectivity index (χ0) is 15.2. The van der Waals surface area contributed by atoms with Crippen molar-refractivity contribution in [2.45, 2.75) is 6.04 Å². The van der Waals surface area contributed by atoms with Gasteiger partial charge in [-0.3, -0.25) is 9.59 Å². The maximum absolute atomic E-state index is 12.2. The number of nitrogens with zero attached hydrogens (tertiary/aromatic N) is 1. The molecule has 0 aromatic heterocycles. The summed E-state index contributed by atoms with van der Waals surface area (Å²) in [4.78, 5) is 25.4. The molecule has 3 N–H and O–H groups in total. The van der Waals surface area contributed by atoms with E-state index in [9.17, 15) is 9.59 Å². The molecule has 1 aromatic rings. The molecule has 0 saturated carbocycles. The minimum Gasteiger partial charge on any atom is -0.484 e. The Morgan fingerprint density at radius 2 is 2.14 bits per heavy atom. The number of morpholine rings is 1. The molecule has 2 amide bonds. The molecule has 2 rings (SSSR count). The Bertz CT molecular complexity index is 503. The molecule has 1 aliphatic heterocycles. The van der Waals surface area contributed by atoms with Crippen LogP contribution in [0.3, 0.4) is 0 Å². The predicted octanol–water partition coefficient (Wildman–Crippen LogP) is -0.379. The summed E-state index contributed by atoms with van der Waals surface area (Å²) >= 11 is 0. The van der Waals surface area contributed by atoms with Gasteiger partial charge in [-0.1, -0.05) is 0 Å². The molecule has 1 aromatic carbocycles. The van der Waals surface area contributed by atoms with Gasteiger partial charge in [0.25, 0.3) is 5.91 Å². The first kappa shape index (κ1) is 15.1. The van der Waals surface area contributed by atoms with Gasteiger partial charge in [-0.15, -0.1) is 0 Å². The number of hydrogen-bond donors (Lipinski definition) is 2. The number of ether oxygens (including phenoxy) is 2. The third kappa shape index (κ3) is 3.85. The van der Waals surface area contributed by atoms with E-state index in [0.29, 0.717) is 24.6 Å². The lowest BCUT2D eigenvalue weighted by Gasteiger charge is -2.34. The van der Waals surface area contributed by atoms with Crippen LogP contribution in [0.5, 0.6) is 5.75 Å². The molecule has 1 saturated heterocycles. The molecule has 114 valence electrons. The molecular formula is C14H19N3O4. The van der Waals surface area contributed by atoms with E-state index in [1.54, 1.807) is 24.3 Å². The zero-order valence-corrected chi connectivity index (χ0v) is 11.9. The number of nitrogen functional groups attached to an aromatic ring is 1. The first-order valence-corrected chi connectivity index (χ1v) is 6.69. The quantitative estimate of drug-likeness (QED) is 0.738. The molecule has 21 heavy (non-hydrogen) atoms. The van der Waals surface area contributed by atoms with Crippen LogP contribution in [0.15, 0.2) is 24.3 Å². The summed E-state index contributed by atoms with van der Waals surface area (Å²) in [7, 11) is 1.53. The Kier molecular flexibility index (Phi) is 4.99. The summed E-state index contributed by atoms with van der Waals surface area (Å²) < 4.78 is 10.7. The maximum Gasteiger partial charge on any atom is 0.261 e. The van der Waals surface area contributed by atoms with Gasteiger partial charge in [-0.2, -0.15) is 0 Å². The van der Waals surface area contributed by atoms with Gasteiger partial charge in [0.2, 0.25) is 5.91 Å². The van der Waals surface area contributed by atoms with Crippen LogP contribution in [0.4, 0.5) is 5.69 Å². The average molecular weight is 293 g/mol. The van der Waals surface area contributed by atoms with Crippen molar-refractivity contribution in [3.63, 3.8) is 0 Å². The molecule has 0 spiro atoms. The van der Waals surface area contributed by atoms with Crippen molar-refractivity contribution < 1.29 is 19.1 Å². The van der Waals surface area contributed by atoms with Crippen LogP contribution < -0.4 is 15.8 Å². The normalized spacial score (nSPS) is 18.1. The monoisotopic (exact) mass is 293 g/mol. The van der Waals surface area contributed by atoms with Gasteiger partial charge in [0.1, 0.15) is 11.8 Å². The van der Waals surface area contributed by atoms with Crippen molar-refractivity contribution in [2.75, 3.05) is 39.1 Å². The lowest BCUT2D eigenvalue weighted by Crippen LogP contribution is -2.56. The third-order valence-corrected chi connectivity index (χ3v) is 3.24. The SMILES string of the molecule is CNC(=O)C1COCCN1C(=O)COc1ccc(N)cc1. The molecule has 0 radical (unpaired) electrons. The van der Waals surface area contributed by atoms with Gasteiger partial charge in [0.15, 0.2) is 6.61 Å². The van der Waals surface area contributed by atoms with Crippen LogP contribution in [0.25, 0.3) is 0 Å². The van der Waals surface area contributed by atoms with Crippen LogP contribution in [0.2, 0.25) is 0 Å². The number of carbonyl (C=O) groups is 2. The van der Waals surface area contributed by atoms with E-state index in [1.165, 1.54) is 11.9 Å². The van der Waals surface area contributed by atoms with E-state index in [2.05, 4.69) is 5.32 Å². The van der Waals surface area contributed by atoms with E-state index in [4.69, 9.17) is 15.2 Å². The molecule has 1 unspecified atom stereocenters. The highest BCUT2D eigenvalue weighted by Gasteiger charge is 2.32. The second-order valence-electron chi connectivity index (χ2n) is 4.65. The van der Waals surface area contributed by atoms with Gasteiger partial charge in [0, 0.05) is 19.3 Å². The second kappa shape index (κ2) is 6.94. The number of benzene rings is 1. The number of nitrogens with two attached hydrogens (primary N) is 1. The lowest BCUT2D eigenvalue weighted by molar-refractivity contribution is -0.149.